The monoisotopic (exact) mass is 365 g/mol. The average molecular weight is 366 g/mol. The van der Waals surface area contributed by atoms with E-state index in [9.17, 15) is 13.2 Å². The lowest BCUT2D eigenvalue weighted by atomic mass is 10.2. The van der Waals surface area contributed by atoms with Gasteiger partial charge in [0.15, 0.2) is 0 Å². The van der Waals surface area contributed by atoms with Crippen LogP contribution in [0, 0.1) is 0 Å². The van der Waals surface area contributed by atoms with Crippen LogP contribution in [-0.2, 0) is 30.7 Å². The van der Waals surface area contributed by atoms with Crippen LogP contribution in [0.3, 0.4) is 0 Å². The molecule has 24 heavy (non-hydrogen) atoms. The van der Waals surface area contributed by atoms with Crippen LogP contribution in [0.4, 0.5) is 0 Å². The minimum Gasteiger partial charge on any atom is -0.295 e. The fourth-order valence-electron chi connectivity index (χ4n) is 2.52. The van der Waals surface area contributed by atoms with Gasteiger partial charge in [0.1, 0.15) is 0 Å². The van der Waals surface area contributed by atoms with Crippen LogP contribution >= 0.6 is 11.6 Å². The number of hydrogen-bond donors (Lipinski definition) is 1. The molecule has 3 rings (SSSR count). The normalized spacial score (nSPS) is 12.0. The van der Waals surface area contributed by atoms with Crippen molar-refractivity contribution in [2.45, 2.75) is 11.4 Å². The smallest absolute Gasteiger partial charge is 0.295 e. The number of nitrogens with zero attached hydrogens (tertiary/aromatic N) is 2. The molecular formula is C16H16ClN3O3S. The molecule has 1 heterocycles. The number of halogens is 1. The summed E-state index contributed by atoms with van der Waals surface area (Å²) < 4.78 is 30.4. The van der Waals surface area contributed by atoms with E-state index in [0.29, 0.717) is 16.1 Å². The Balaban J connectivity index is 1.92. The minimum absolute atomic E-state index is 0.116. The summed E-state index contributed by atoms with van der Waals surface area (Å²) in [6, 6.07) is 11.6. The van der Waals surface area contributed by atoms with Crippen molar-refractivity contribution in [2.24, 2.45) is 14.1 Å². The lowest BCUT2D eigenvalue weighted by Gasteiger charge is -2.08. The van der Waals surface area contributed by atoms with Crippen molar-refractivity contribution in [2.75, 3.05) is 0 Å². The summed E-state index contributed by atoms with van der Waals surface area (Å²) in [4.78, 5) is 12.1. The van der Waals surface area contributed by atoms with Gasteiger partial charge in [-0.15, -0.1) is 0 Å². The Morgan fingerprint density at radius 2 is 1.62 bits per heavy atom. The molecule has 0 aliphatic rings. The topological polar surface area (TPSA) is 73.1 Å². The van der Waals surface area contributed by atoms with Gasteiger partial charge in [-0.3, -0.25) is 9.13 Å². The van der Waals surface area contributed by atoms with Crippen LogP contribution in [0.2, 0.25) is 5.02 Å². The number of imidazole rings is 1. The second kappa shape index (κ2) is 6.08. The van der Waals surface area contributed by atoms with Crippen molar-refractivity contribution in [1.82, 2.24) is 13.9 Å². The van der Waals surface area contributed by atoms with Crippen molar-refractivity contribution in [3.8, 4) is 0 Å². The zero-order chi connectivity index (χ0) is 17.5. The molecule has 0 bridgehead atoms. The Morgan fingerprint density at radius 3 is 2.29 bits per heavy atom. The predicted octanol–water partition coefficient (Wildman–Crippen LogP) is 2.01. The van der Waals surface area contributed by atoms with Crippen molar-refractivity contribution in [3.63, 3.8) is 0 Å². The van der Waals surface area contributed by atoms with E-state index in [2.05, 4.69) is 4.72 Å². The van der Waals surface area contributed by atoms with Gasteiger partial charge in [-0.05, 0) is 35.9 Å². The first kappa shape index (κ1) is 16.8. The second-order valence-corrected chi connectivity index (χ2v) is 7.71. The second-order valence-electron chi connectivity index (χ2n) is 5.50. The molecule has 1 N–H and O–H groups in total. The van der Waals surface area contributed by atoms with Gasteiger partial charge in [-0.1, -0.05) is 23.7 Å². The Kier molecular flexibility index (Phi) is 4.25. The molecule has 0 saturated carbocycles. The van der Waals surface area contributed by atoms with Crippen LogP contribution in [0.25, 0.3) is 11.0 Å². The van der Waals surface area contributed by atoms with E-state index in [1.807, 2.05) is 0 Å². The number of aromatic nitrogens is 2. The number of hydrogen-bond acceptors (Lipinski definition) is 3. The number of fused-ring (bicyclic) bond motifs is 1. The first-order valence-corrected chi connectivity index (χ1v) is 9.05. The van der Waals surface area contributed by atoms with E-state index in [1.54, 1.807) is 44.4 Å². The Morgan fingerprint density at radius 1 is 1.00 bits per heavy atom. The maximum atomic E-state index is 12.5. The summed E-state index contributed by atoms with van der Waals surface area (Å²) in [5.74, 6) is 0. The van der Waals surface area contributed by atoms with Crippen molar-refractivity contribution >= 4 is 32.7 Å². The summed E-state index contributed by atoms with van der Waals surface area (Å²) in [7, 11) is -0.424. The lowest BCUT2D eigenvalue weighted by Crippen LogP contribution is -2.23. The molecule has 0 aliphatic heterocycles. The first-order chi connectivity index (χ1) is 11.3. The molecule has 126 valence electrons. The van der Waals surface area contributed by atoms with Gasteiger partial charge in [0, 0.05) is 25.7 Å². The predicted molar refractivity (Wildman–Crippen MR) is 93.6 cm³/mol. The number of rotatable bonds is 4. The molecule has 0 spiro atoms. The van der Waals surface area contributed by atoms with E-state index >= 15 is 0 Å². The van der Waals surface area contributed by atoms with Crippen molar-refractivity contribution in [3.05, 3.63) is 63.5 Å². The maximum absolute atomic E-state index is 12.5. The highest BCUT2D eigenvalue weighted by Crippen LogP contribution is 2.18. The SMILES string of the molecule is Cn1c(=O)n(C)c2cc(S(=O)(=O)NCc3ccc(Cl)cc3)ccc21. The van der Waals surface area contributed by atoms with Gasteiger partial charge in [0.05, 0.1) is 15.9 Å². The molecule has 2 aromatic carbocycles. The molecule has 1 aromatic heterocycles. The zero-order valence-electron chi connectivity index (χ0n) is 13.2. The summed E-state index contributed by atoms with van der Waals surface area (Å²) in [5, 5.41) is 0.594. The van der Waals surface area contributed by atoms with E-state index in [-0.39, 0.29) is 17.1 Å². The van der Waals surface area contributed by atoms with Crippen LogP contribution < -0.4 is 10.4 Å². The van der Waals surface area contributed by atoms with Gasteiger partial charge in [-0.25, -0.2) is 17.9 Å². The van der Waals surface area contributed by atoms with Crippen molar-refractivity contribution < 1.29 is 8.42 Å². The number of benzene rings is 2. The van der Waals surface area contributed by atoms with Gasteiger partial charge in [0.25, 0.3) is 0 Å². The summed E-state index contributed by atoms with van der Waals surface area (Å²) >= 11 is 5.81. The number of nitrogens with one attached hydrogen (secondary N) is 1. The van der Waals surface area contributed by atoms with Crippen LogP contribution in [0.5, 0.6) is 0 Å². The standard InChI is InChI=1S/C16H16ClN3O3S/c1-19-14-8-7-13(9-15(14)20(2)16(19)21)24(22,23)18-10-11-3-5-12(17)6-4-11/h3-9,18H,10H2,1-2H3. The Labute approximate surface area is 144 Å². The molecule has 3 aromatic rings. The molecule has 0 atom stereocenters. The fraction of sp³-hybridized carbons (Fsp3) is 0.188. The maximum Gasteiger partial charge on any atom is 0.328 e. The largest absolute Gasteiger partial charge is 0.328 e. The highest BCUT2D eigenvalue weighted by molar-refractivity contribution is 7.89. The van der Waals surface area contributed by atoms with E-state index < -0.39 is 10.0 Å². The summed E-state index contributed by atoms with van der Waals surface area (Å²) in [5.41, 5.74) is 1.85. The average Bonchev–Trinajstić information content (AvgIpc) is 2.79. The number of sulfonamides is 1. The van der Waals surface area contributed by atoms with Gasteiger partial charge >= 0.3 is 5.69 Å². The molecule has 0 aliphatic carbocycles. The van der Waals surface area contributed by atoms with Crippen LogP contribution in [0.1, 0.15) is 5.56 Å². The highest BCUT2D eigenvalue weighted by Gasteiger charge is 2.17. The molecule has 0 radical (unpaired) electrons. The fourth-order valence-corrected chi connectivity index (χ4v) is 3.68. The first-order valence-electron chi connectivity index (χ1n) is 7.19. The van der Waals surface area contributed by atoms with Gasteiger partial charge in [-0.2, -0.15) is 0 Å². The molecule has 0 saturated heterocycles. The minimum atomic E-state index is -3.69. The number of aryl methyl sites for hydroxylation is 2. The van der Waals surface area contributed by atoms with Gasteiger partial charge in [0.2, 0.25) is 10.0 Å². The lowest BCUT2D eigenvalue weighted by molar-refractivity contribution is 0.581. The molecule has 0 fully saturated rings. The highest BCUT2D eigenvalue weighted by atomic mass is 35.5. The van der Waals surface area contributed by atoms with Crippen LogP contribution in [-0.4, -0.2) is 17.6 Å². The quantitative estimate of drug-likeness (QED) is 0.768. The summed E-state index contributed by atoms with van der Waals surface area (Å²) in [6.45, 7) is 0.158. The Hall–Kier alpha value is -2.09. The zero-order valence-corrected chi connectivity index (χ0v) is 14.7. The van der Waals surface area contributed by atoms with E-state index in [1.165, 1.54) is 21.3 Å². The third-order valence-electron chi connectivity index (χ3n) is 3.93. The molecule has 6 nitrogen and oxygen atoms in total. The Bertz CT molecular complexity index is 1070. The summed E-state index contributed by atoms with van der Waals surface area (Å²) in [6.07, 6.45) is 0. The van der Waals surface area contributed by atoms with Crippen molar-refractivity contribution in [1.29, 1.82) is 0 Å². The molecule has 0 unspecified atom stereocenters. The van der Waals surface area contributed by atoms with Gasteiger partial charge < -0.3 is 0 Å². The molecular weight excluding hydrogens is 350 g/mol. The van der Waals surface area contributed by atoms with E-state index in [0.717, 1.165) is 5.56 Å². The molecule has 0 amide bonds. The third-order valence-corrected chi connectivity index (χ3v) is 5.58. The molecule has 8 heteroatoms. The third kappa shape index (κ3) is 2.98. The van der Waals surface area contributed by atoms with E-state index in [4.69, 9.17) is 11.6 Å². The van der Waals surface area contributed by atoms with Crippen LogP contribution in [0.15, 0.2) is 52.2 Å².